The topological polar surface area (TPSA) is 73.4 Å². The SMILES string of the molecule is N=C(N)c1cccc(C2Sc3ccccc3N(CCCCCN3CCCCC3)C2=O)c1. The molecule has 5 nitrogen and oxygen atoms in total. The molecule has 2 aliphatic rings. The number of nitrogen functional groups attached to an aromatic ring is 1. The molecule has 1 unspecified atom stereocenters. The van der Waals surface area contributed by atoms with Crippen molar-refractivity contribution < 1.29 is 4.79 Å². The summed E-state index contributed by atoms with van der Waals surface area (Å²) in [5.74, 6) is 0.154. The number of nitrogens with two attached hydrogens (primary N) is 1. The average molecular weight is 437 g/mol. The van der Waals surface area contributed by atoms with Gasteiger partial charge in [-0.25, -0.2) is 0 Å². The first-order chi connectivity index (χ1) is 15.1. The fraction of sp³-hybridized carbons (Fsp3) is 0.440. The summed E-state index contributed by atoms with van der Waals surface area (Å²) in [5.41, 5.74) is 8.27. The molecule has 6 heteroatoms. The van der Waals surface area contributed by atoms with E-state index in [0.717, 1.165) is 35.5 Å². The zero-order valence-corrected chi connectivity index (χ0v) is 18.9. The Kier molecular flexibility index (Phi) is 7.30. The van der Waals surface area contributed by atoms with Crippen molar-refractivity contribution in [1.29, 1.82) is 5.41 Å². The second-order valence-electron chi connectivity index (χ2n) is 8.46. The van der Waals surface area contributed by atoms with E-state index in [9.17, 15) is 4.79 Å². The van der Waals surface area contributed by atoms with Crippen LogP contribution in [0, 0.1) is 5.41 Å². The summed E-state index contributed by atoms with van der Waals surface area (Å²) in [5, 5.41) is 7.43. The van der Waals surface area contributed by atoms with Crippen molar-refractivity contribution in [2.45, 2.75) is 48.7 Å². The number of rotatable bonds is 8. The molecule has 0 radical (unpaired) electrons. The molecule has 1 amide bonds. The number of carbonyl (C=O) groups excluding carboxylic acids is 1. The molecule has 3 N–H and O–H groups in total. The van der Waals surface area contributed by atoms with E-state index in [-0.39, 0.29) is 17.0 Å². The summed E-state index contributed by atoms with van der Waals surface area (Å²) < 4.78 is 0. The molecule has 0 spiro atoms. The summed E-state index contributed by atoms with van der Waals surface area (Å²) in [4.78, 5) is 19.2. The summed E-state index contributed by atoms with van der Waals surface area (Å²) >= 11 is 1.60. The van der Waals surface area contributed by atoms with Crippen LogP contribution in [0.25, 0.3) is 0 Å². The number of hydrogen-bond donors (Lipinski definition) is 2. The minimum absolute atomic E-state index is 0.0288. The van der Waals surface area contributed by atoms with Gasteiger partial charge in [0.15, 0.2) is 0 Å². The van der Waals surface area contributed by atoms with Crippen LogP contribution in [0.15, 0.2) is 53.4 Å². The monoisotopic (exact) mass is 436 g/mol. The fourth-order valence-electron chi connectivity index (χ4n) is 4.49. The molecule has 2 heterocycles. The van der Waals surface area contributed by atoms with Crippen LogP contribution >= 0.6 is 11.8 Å². The standard InChI is InChI=1S/C25H32N4OS/c26-24(27)20-11-9-10-19(18-20)23-25(30)29(21-12-3-4-13-22(21)31-23)17-8-2-7-16-28-14-5-1-6-15-28/h3-4,9-13,18,23H,1-2,5-8,14-17H2,(H3,26,27). The second kappa shape index (κ2) is 10.3. The number of thioether (sulfide) groups is 1. The number of amides is 1. The average Bonchev–Trinajstić information content (AvgIpc) is 2.80. The molecule has 0 saturated carbocycles. The molecule has 0 aliphatic carbocycles. The molecule has 31 heavy (non-hydrogen) atoms. The number of hydrogen-bond acceptors (Lipinski definition) is 4. The highest BCUT2D eigenvalue weighted by atomic mass is 32.2. The van der Waals surface area contributed by atoms with Crippen molar-refractivity contribution in [2.24, 2.45) is 5.73 Å². The minimum Gasteiger partial charge on any atom is -0.384 e. The van der Waals surface area contributed by atoms with E-state index in [1.54, 1.807) is 11.8 Å². The molecule has 2 aliphatic heterocycles. The summed E-state index contributed by atoms with van der Waals surface area (Å²) in [7, 11) is 0. The van der Waals surface area contributed by atoms with E-state index in [1.807, 2.05) is 41.3 Å². The third-order valence-corrected chi connectivity index (χ3v) is 7.50. The molecule has 164 valence electrons. The molecule has 1 atom stereocenters. The van der Waals surface area contributed by atoms with Crippen molar-refractivity contribution in [3.05, 3.63) is 59.7 Å². The third-order valence-electron chi connectivity index (χ3n) is 6.20. The van der Waals surface area contributed by atoms with Crippen molar-refractivity contribution in [3.8, 4) is 0 Å². The van der Waals surface area contributed by atoms with Gasteiger partial charge in [-0.2, -0.15) is 0 Å². The van der Waals surface area contributed by atoms with Gasteiger partial charge in [0.05, 0.1) is 5.69 Å². The number of piperidine rings is 1. The first-order valence-corrected chi connectivity index (χ1v) is 12.3. The van der Waals surface area contributed by atoms with Gasteiger partial charge in [-0.1, -0.05) is 43.2 Å². The van der Waals surface area contributed by atoms with Crippen LogP contribution in [-0.2, 0) is 4.79 Å². The Balaban J connectivity index is 1.43. The number of anilines is 1. The van der Waals surface area contributed by atoms with Crippen LogP contribution < -0.4 is 10.6 Å². The lowest BCUT2D eigenvalue weighted by molar-refractivity contribution is -0.118. The highest BCUT2D eigenvalue weighted by molar-refractivity contribution is 8.00. The molecule has 0 aromatic heterocycles. The number of carbonyl (C=O) groups is 1. The van der Waals surface area contributed by atoms with E-state index < -0.39 is 0 Å². The normalized spacial score (nSPS) is 19.3. The molecule has 2 aromatic carbocycles. The van der Waals surface area contributed by atoms with Crippen molar-refractivity contribution in [1.82, 2.24) is 4.90 Å². The number of unbranched alkanes of at least 4 members (excludes halogenated alkanes) is 2. The highest BCUT2D eigenvalue weighted by Crippen LogP contribution is 2.46. The summed E-state index contributed by atoms with van der Waals surface area (Å²) in [6.07, 6.45) is 7.40. The Labute approximate surface area is 189 Å². The summed E-state index contributed by atoms with van der Waals surface area (Å²) in [6, 6.07) is 15.7. The molecule has 4 rings (SSSR count). The van der Waals surface area contributed by atoms with Crippen LogP contribution in [0.1, 0.15) is 54.9 Å². The van der Waals surface area contributed by atoms with Gasteiger partial charge >= 0.3 is 0 Å². The number of amidine groups is 1. The molecule has 1 saturated heterocycles. The Morgan fingerprint density at radius 2 is 1.77 bits per heavy atom. The summed E-state index contributed by atoms with van der Waals surface area (Å²) in [6.45, 7) is 4.42. The number of nitrogens with zero attached hydrogens (tertiary/aromatic N) is 2. The lowest BCUT2D eigenvalue weighted by Gasteiger charge is -2.34. The smallest absolute Gasteiger partial charge is 0.245 e. The molecule has 1 fully saturated rings. The Morgan fingerprint density at radius 3 is 2.58 bits per heavy atom. The number of benzene rings is 2. The van der Waals surface area contributed by atoms with Gasteiger partial charge < -0.3 is 15.5 Å². The van der Waals surface area contributed by atoms with E-state index >= 15 is 0 Å². The van der Waals surface area contributed by atoms with Crippen LogP contribution in [0.3, 0.4) is 0 Å². The highest BCUT2D eigenvalue weighted by Gasteiger charge is 2.34. The molecular formula is C25H32N4OS. The quantitative estimate of drug-likeness (QED) is 0.354. The lowest BCUT2D eigenvalue weighted by atomic mass is 10.1. The van der Waals surface area contributed by atoms with Crippen molar-refractivity contribution in [2.75, 3.05) is 31.1 Å². The van der Waals surface area contributed by atoms with Gasteiger partial charge in [0.25, 0.3) is 0 Å². The minimum atomic E-state index is -0.303. The Morgan fingerprint density at radius 1 is 1.00 bits per heavy atom. The van der Waals surface area contributed by atoms with Crippen LogP contribution in [0.4, 0.5) is 5.69 Å². The fourth-order valence-corrected chi connectivity index (χ4v) is 5.71. The predicted molar refractivity (Wildman–Crippen MR) is 129 cm³/mol. The number of likely N-dealkylation sites (tertiary alicyclic amines) is 1. The third kappa shape index (κ3) is 5.31. The molecule has 2 aromatic rings. The van der Waals surface area contributed by atoms with Crippen molar-refractivity contribution in [3.63, 3.8) is 0 Å². The molecular weight excluding hydrogens is 404 g/mol. The number of para-hydroxylation sites is 1. The van der Waals surface area contributed by atoms with Crippen molar-refractivity contribution >= 4 is 29.2 Å². The second-order valence-corrected chi connectivity index (χ2v) is 9.60. The number of nitrogens with one attached hydrogen (secondary N) is 1. The molecule has 0 bridgehead atoms. The van der Waals surface area contributed by atoms with E-state index in [2.05, 4.69) is 17.0 Å². The first-order valence-electron chi connectivity index (χ1n) is 11.4. The van der Waals surface area contributed by atoms with E-state index in [1.165, 1.54) is 45.3 Å². The lowest BCUT2D eigenvalue weighted by Crippen LogP contribution is -2.38. The van der Waals surface area contributed by atoms with Gasteiger partial charge in [0.1, 0.15) is 11.1 Å². The maximum absolute atomic E-state index is 13.5. The van der Waals surface area contributed by atoms with Gasteiger partial charge in [-0.15, -0.1) is 11.8 Å². The maximum atomic E-state index is 13.5. The largest absolute Gasteiger partial charge is 0.384 e. The Hall–Kier alpha value is -2.31. The van der Waals surface area contributed by atoms with Crippen LogP contribution in [-0.4, -0.2) is 42.8 Å². The van der Waals surface area contributed by atoms with Gasteiger partial charge in [-0.05, 0) is 69.1 Å². The predicted octanol–water partition coefficient (Wildman–Crippen LogP) is 4.81. The van der Waals surface area contributed by atoms with Gasteiger partial charge in [-0.3, -0.25) is 10.2 Å². The zero-order valence-electron chi connectivity index (χ0n) is 18.1. The van der Waals surface area contributed by atoms with Crippen LogP contribution in [0.2, 0.25) is 0 Å². The van der Waals surface area contributed by atoms with Gasteiger partial charge in [0.2, 0.25) is 5.91 Å². The van der Waals surface area contributed by atoms with E-state index in [0.29, 0.717) is 5.56 Å². The Bertz CT molecular complexity index is 925. The maximum Gasteiger partial charge on any atom is 0.245 e. The van der Waals surface area contributed by atoms with Crippen LogP contribution in [0.5, 0.6) is 0 Å². The van der Waals surface area contributed by atoms with E-state index in [4.69, 9.17) is 11.1 Å². The number of fused-ring (bicyclic) bond motifs is 1. The first kappa shape index (κ1) is 21.9. The van der Waals surface area contributed by atoms with Gasteiger partial charge in [0, 0.05) is 17.0 Å². The zero-order chi connectivity index (χ0) is 21.6.